The van der Waals surface area contributed by atoms with Gasteiger partial charge < -0.3 is 29.8 Å². The zero-order valence-electron chi connectivity index (χ0n) is 14.8. The molecular weight excluding hydrogens is 431 g/mol. The van der Waals surface area contributed by atoms with Gasteiger partial charge in [-0.1, -0.05) is 18.2 Å². The molecule has 0 aliphatic heterocycles. The van der Waals surface area contributed by atoms with Crippen LogP contribution >= 0.6 is 0 Å². The minimum Gasteiger partial charge on any atom is -0.693 e. The first-order valence-corrected chi connectivity index (χ1v) is 6.98. The second-order valence-corrected chi connectivity index (χ2v) is 4.98. The van der Waals surface area contributed by atoms with Gasteiger partial charge in [-0.05, 0) is 36.8 Å². The van der Waals surface area contributed by atoms with E-state index < -0.39 is 0 Å². The van der Waals surface area contributed by atoms with Gasteiger partial charge in [0, 0.05) is 30.1 Å². The summed E-state index contributed by atoms with van der Waals surface area (Å²) in [6.45, 7) is 2.01. The van der Waals surface area contributed by atoms with E-state index in [1.165, 1.54) is 6.21 Å². The molecule has 8 N–H and O–H groups in total. The predicted molar refractivity (Wildman–Crippen MR) is 108 cm³/mol. The molecule has 0 aliphatic carbocycles. The van der Waals surface area contributed by atoms with E-state index in [4.69, 9.17) is 0 Å². The summed E-state index contributed by atoms with van der Waals surface area (Å²) in [6, 6.07) is 16.7. The average molecular weight is 455 g/mol. The van der Waals surface area contributed by atoms with Crippen molar-refractivity contribution < 1.29 is 24.2 Å². The molecule has 3 aromatic rings. The van der Waals surface area contributed by atoms with Crippen molar-refractivity contribution in [3.05, 3.63) is 108 Å². The quantitative estimate of drug-likeness (QED) is 0.142. The molecule has 8 nitrogen and oxygen atoms in total. The zero-order chi connectivity index (χ0) is 15.4. The van der Waals surface area contributed by atoms with Crippen molar-refractivity contribution in [3.63, 3.8) is 0 Å². The van der Waals surface area contributed by atoms with Gasteiger partial charge in [0.05, 0.1) is 11.4 Å². The van der Waals surface area contributed by atoms with Crippen molar-refractivity contribution in [2.45, 2.75) is 6.92 Å². The molecule has 1 aromatic carbocycles. The van der Waals surface area contributed by atoms with Crippen molar-refractivity contribution in [1.82, 2.24) is 9.97 Å². The van der Waals surface area contributed by atoms with Crippen molar-refractivity contribution >= 4 is 11.9 Å². The molecule has 0 amide bonds. The standard InChI is InChI=1S/C18H15N3O.4H2N.Ru/c1-14-7-9-19-17(11-14)18-12-15(8-10-20-18)13-21(22)16-5-3-2-4-6-16;;;;;/h2-13H,1H3;4*1H2;/q;4*-1;+4/b21-13-;;;;;. The van der Waals surface area contributed by atoms with Gasteiger partial charge in [0.15, 0.2) is 6.21 Å². The molecule has 0 unspecified atom stereocenters. The third-order valence-electron chi connectivity index (χ3n) is 3.24. The summed E-state index contributed by atoms with van der Waals surface area (Å²) in [5.41, 5.74) is 4.05. The number of nitrogens with zero attached hydrogens (tertiary/aromatic N) is 3. The number of hydrogen-bond donors (Lipinski definition) is 0. The first kappa shape index (κ1) is 29.2. The van der Waals surface area contributed by atoms with E-state index >= 15 is 0 Å². The average Bonchev–Trinajstić information content (AvgIpc) is 2.56. The van der Waals surface area contributed by atoms with Crippen molar-refractivity contribution in [3.8, 4) is 11.4 Å². The summed E-state index contributed by atoms with van der Waals surface area (Å²) < 4.78 is 0.850. The van der Waals surface area contributed by atoms with Crippen LogP contribution in [0.5, 0.6) is 0 Å². The van der Waals surface area contributed by atoms with Gasteiger partial charge in [0.25, 0.3) is 0 Å². The van der Waals surface area contributed by atoms with Crippen LogP contribution in [0.1, 0.15) is 11.1 Å². The fourth-order valence-corrected chi connectivity index (χ4v) is 2.13. The smallest absolute Gasteiger partial charge is 0.693 e. The second-order valence-electron chi connectivity index (χ2n) is 4.98. The molecule has 0 spiro atoms. The van der Waals surface area contributed by atoms with E-state index in [9.17, 15) is 5.21 Å². The molecular formula is C18H23N7ORu. The van der Waals surface area contributed by atoms with Crippen molar-refractivity contribution in [1.29, 1.82) is 0 Å². The number of aromatic nitrogens is 2. The molecule has 0 fully saturated rings. The van der Waals surface area contributed by atoms with Crippen LogP contribution in [-0.2, 0) is 19.5 Å². The van der Waals surface area contributed by atoms with Crippen LogP contribution in [0.2, 0.25) is 0 Å². The number of para-hydroxylation sites is 1. The van der Waals surface area contributed by atoms with Crippen LogP contribution in [0.15, 0.2) is 67.0 Å². The van der Waals surface area contributed by atoms with Gasteiger partial charge in [-0.15, -0.1) is 0 Å². The molecule has 27 heavy (non-hydrogen) atoms. The Hall–Kier alpha value is -2.55. The van der Waals surface area contributed by atoms with Crippen LogP contribution < -0.4 is 0 Å². The maximum absolute atomic E-state index is 12.1. The van der Waals surface area contributed by atoms with Gasteiger partial charge in [-0.2, -0.15) is 4.74 Å². The molecule has 0 atom stereocenters. The fourth-order valence-electron chi connectivity index (χ4n) is 2.13. The first-order chi connectivity index (χ1) is 10.7. The number of benzene rings is 1. The Bertz CT molecular complexity index is 829. The fraction of sp³-hybridized carbons (Fsp3) is 0.0556. The Morgan fingerprint density at radius 1 is 0.815 bits per heavy atom. The predicted octanol–water partition coefficient (Wildman–Crippen LogP) is 6.58. The van der Waals surface area contributed by atoms with E-state index in [1.54, 1.807) is 30.6 Å². The van der Waals surface area contributed by atoms with Gasteiger partial charge in [-0.3, -0.25) is 9.97 Å². The van der Waals surface area contributed by atoms with E-state index in [2.05, 4.69) is 9.97 Å². The van der Waals surface area contributed by atoms with Gasteiger partial charge >= 0.3 is 19.5 Å². The molecule has 9 heteroatoms. The first-order valence-electron chi connectivity index (χ1n) is 6.98. The number of nitrogens with two attached hydrogens (primary N) is 4. The molecule has 2 aromatic heterocycles. The largest absolute Gasteiger partial charge is 4.00 e. The minimum atomic E-state index is 0. The van der Waals surface area contributed by atoms with Crippen LogP contribution in [0.25, 0.3) is 36.0 Å². The number of pyridine rings is 2. The van der Waals surface area contributed by atoms with Gasteiger partial charge in [0.2, 0.25) is 5.69 Å². The summed E-state index contributed by atoms with van der Waals surface area (Å²) in [6.07, 6.45) is 4.98. The molecule has 3 rings (SSSR count). The van der Waals surface area contributed by atoms with Crippen LogP contribution in [0.3, 0.4) is 0 Å². The molecule has 0 aliphatic rings. The maximum atomic E-state index is 12.1. The van der Waals surface area contributed by atoms with Crippen LogP contribution in [0.4, 0.5) is 5.69 Å². The Kier molecular flexibility index (Phi) is 14.8. The van der Waals surface area contributed by atoms with E-state index in [0.29, 0.717) is 5.69 Å². The summed E-state index contributed by atoms with van der Waals surface area (Å²) in [5.74, 6) is 0. The third kappa shape index (κ3) is 7.70. The minimum absolute atomic E-state index is 0. The Labute approximate surface area is 172 Å². The Morgan fingerprint density at radius 3 is 1.96 bits per heavy atom. The summed E-state index contributed by atoms with van der Waals surface area (Å²) >= 11 is 0. The topological polar surface area (TPSA) is 186 Å². The third-order valence-corrected chi connectivity index (χ3v) is 3.24. The summed E-state index contributed by atoms with van der Waals surface area (Å²) in [7, 11) is 0. The zero-order valence-corrected chi connectivity index (χ0v) is 16.6. The van der Waals surface area contributed by atoms with Crippen molar-refractivity contribution in [2.24, 2.45) is 0 Å². The van der Waals surface area contributed by atoms with E-state index in [-0.39, 0.29) is 44.1 Å². The van der Waals surface area contributed by atoms with Gasteiger partial charge in [-0.25, -0.2) is 0 Å². The normalized spacial score (nSPS) is 9.30. The maximum Gasteiger partial charge on any atom is 4.00 e. The molecule has 0 saturated carbocycles. The number of rotatable bonds is 3. The molecule has 2 heterocycles. The summed E-state index contributed by atoms with van der Waals surface area (Å²) in [5, 5.41) is 12.1. The van der Waals surface area contributed by atoms with Gasteiger partial charge in [0.1, 0.15) is 0 Å². The van der Waals surface area contributed by atoms with E-state index in [1.807, 2.05) is 43.3 Å². The molecule has 0 saturated heterocycles. The molecule has 0 bridgehead atoms. The van der Waals surface area contributed by atoms with E-state index in [0.717, 1.165) is 27.3 Å². The van der Waals surface area contributed by atoms with Crippen LogP contribution in [-0.4, -0.2) is 20.9 Å². The number of aryl methyl sites for hydroxylation is 1. The monoisotopic (exact) mass is 455 g/mol. The Balaban J connectivity index is -0.00000115. The van der Waals surface area contributed by atoms with Crippen molar-refractivity contribution in [2.75, 3.05) is 0 Å². The molecule has 0 radical (unpaired) electrons. The molecule has 144 valence electrons. The van der Waals surface area contributed by atoms with Crippen LogP contribution in [0, 0.1) is 12.1 Å². The SMILES string of the molecule is Cc1ccnc(-c2cc(/C=[N+](\[O-])c3ccccc3)ccn2)c1.[NH2-].[NH2-].[NH2-].[NH2-].[Ru+4]. The summed E-state index contributed by atoms with van der Waals surface area (Å²) in [4.78, 5) is 8.65. The second kappa shape index (κ2) is 13.6. The Morgan fingerprint density at radius 2 is 1.37 bits per heavy atom. The number of hydrogen-bond acceptors (Lipinski definition) is 3.